The van der Waals surface area contributed by atoms with Crippen molar-refractivity contribution in [2.45, 2.75) is 19.8 Å². The number of halogens is 1. The number of aromatic nitrogens is 1. The maximum Gasteiger partial charge on any atom is 0.258 e. The fraction of sp³-hybridized carbons (Fsp3) is 0.200. The number of carbonyl (C=O) groups is 1. The molecule has 0 aliphatic carbocycles. The van der Waals surface area contributed by atoms with Crippen molar-refractivity contribution in [3.05, 3.63) is 66.0 Å². The van der Waals surface area contributed by atoms with Crippen LogP contribution in [-0.4, -0.2) is 17.7 Å². The second-order valence-electron chi connectivity index (χ2n) is 5.76. The van der Waals surface area contributed by atoms with E-state index in [-0.39, 0.29) is 17.6 Å². The summed E-state index contributed by atoms with van der Waals surface area (Å²) in [6, 6.07) is 14.4. The van der Waals surface area contributed by atoms with Gasteiger partial charge in [-0.25, -0.2) is 4.39 Å². The van der Waals surface area contributed by atoms with E-state index in [1.165, 1.54) is 12.1 Å². The Morgan fingerprint density at radius 2 is 1.88 bits per heavy atom. The number of hydrogen-bond donors (Lipinski definition) is 1. The molecule has 0 aliphatic rings. The van der Waals surface area contributed by atoms with Gasteiger partial charge in [-0.1, -0.05) is 18.5 Å². The molecule has 5 nitrogen and oxygen atoms in total. The molecule has 0 aliphatic heterocycles. The SMILES string of the molecule is CCCCOc1ccc(C(=O)Nc2cc(-c3ccc(F)cc3)no2)cc1. The normalized spacial score (nSPS) is 10.5. The maximum atomic E-state index is 13.0. The summed E-state index contributed by atoms with van der Waals surface area (Å²) in [6.07, 6.45) is 2.06. The summed E-state index contributed by atoms with van der Waals surface area (Å²) < 4.78 is 23.7. The Balaban J connectivity index is 1.62. The van der Waals surface area contributed by atoms with Crippen LogP contribution in [0.1, 0.15) is 30.1 Å². The molecule has 0 spiro atoms. The van der Waals surface area contributed by atoms with Crippen molar-refractivity contribution < 1.29 is 18.4 Å². The van der Waals surface area contributed by atoms with E-state index in [1.807, 2.05) is 0 Å². The van der Waals surface area contributed by atoms with Gasteiger partial charge in [0, 0.05) is 17.2 Å². The molecule has 1 aromatic heterocycles. The minimum absolute atomic E-state index is 0.220. The highest BCUT2D eigenvalue weighted by Gasteiger charge is 2.11. The zero-order valence-corrected chi connectivity index (χ0v) is 14.4. The average Bonchev–Trinajstić information content (AvgIpc) is 3.11. The van der Waals surface area contributed by atoms with Gasteiger partial charge in [0.1, 0.15) is 17.3 Å². The number of nitrogens with zero attached hydrogens (tertiary/aromatic N) is 1. The van der Waals surface area contributed by atoms with E-state index >= 15 is 0 Å². The first-order valence-electron chi connectivity index (χ1n) is 8.42. The predicted octanol–water partition coefficient (Wildman–Crippen LogP) is 4.91. The van der Waals surface area contributed by atoms with Crippen LogP contribution in [0.3, 0.4) is 0 Å². The van der Waals surface area contributed by atoms with E-state index in [1.54, 1.807) is 42.5 Å². The van der Waals surface area contributed by atoms with Crippen LogP contribution >= 0.6 is 0 Å². The number of benzene rings is 2. The van der Waals surface area contributed by atoms with E-state index in [2.05, 4.69) is 17.4 Å². The number of rotatable bonds is 7. The first kappa shape index (κ1) is 17.7. The van der Waals surface area contributed by atoms with Crippen LogP contribution in [0.5, 0.6) is 5.75 Å². The molecule has 0 saturated carbocycles. The maximum absolute atomic E-state index is 13.0. The first-order valence-corrected chi connectivity index (χ1v) is 8.42. The van der Waals surface area contributed by atoms with E-state index < -0.39 is 0 Å². The molecule has 134 valence electrons. The summed E-state index contributed by atoms with van der Waals surface area (Å²) in [5.74, 6) is 0.311. The predicted molar refractivity (Wildman–Crippen MR) is 96.7 cm³/mol. The van der Waals surface area contributed by atoms with Crippen LogP contribution in [0.4, 0.5) is 10.3 Å². The van der Waals surface area contributed by atoms with Crippen molar-refractivity contribution in [2.24, 2.45) is 0 Å². The lowest BCUT2D eigenvalue weighted by atomic mass is 10.1. The molecular weight excluding hydrogens is 335 g/mol. The van der Waals surface area contributed by atoms with Crippen molar-refractivity contribution in [1.29, 1.82) is 0 Å². The molecule has 0 bridgehead atoms. The average molecular weight is 354 g/mol. The lowest BCUT2D eigenvalue weighted by Crippen LogP contribution is -2.11. The fourth-order valence-corrected chi connectivity index (χ4v) is 2.31. The molecule has 0 atom stereocenters. The molecule has 6 heteroatoms. The van der Waals surface area contributed by atoms with Crippen LogP contribution in [-0.2, 0) is 0 Å². The summed E-state index contributed by atoms with van der Waals surface area (Å²) in [6.45, 7) is 2.76. The third kappa shape index (κ3) is 4.47. The number of unbranched alkanes of at least 4 members (excludes halogenated alkanes) is 1. The van der Waals surface area contributed by atoms with Crippen molar-refractivity contribution in [3.63, 3.8) is 0 Å². The fourth-order valence-electron chi connectivity index (χ4n) is 2.31. The molecular formula is C20H19FN2O3. The van der Waals surface area contributed by atoms with Gasteiger partial charge in [0.25, 0.3) is 5.91 Å². The molecule has 3 rings (SSSR count). The highest BCUT2D eigenvalue weighted by Crippen LogP contribution is 2.22. The number of carbonyl (C=O) groups excluding carboxylic acids is 1. The van der Waals surface area contributed by atoms with Gasteiger partial charge >= 0.3 is 0 Å². The summed E-state index contributed by atoms with van der Waals surface area (Å²) in [5.41, 5.74) is 1.69. The Bertz CT molecular complexity index is 858. The summed E-state index contributed by atoms with van der Waals surface area (Å²) >= 11 is 0. The van der Waals surface area contributed by atoms with Crippen molar-refractivity contribution >= 4 is 11.8 Å². The Hall–Kier alpha value is -3.15. The van der Waals surface area contributed by atoms with E-state index in [0.29, 0.717) is 23.4 Å². The highest BCUT2D eigenvalue weighted by molar-refractivity contribution is 6.03. The zero-order chi connectivity index (χ0) is 18.4. The summed E-state index contributed by atoms with van der Waals surface area (Å²) in [5, 5.41) is 6.54. The summed E-state index contributed by atoms with van der Waals surface area (Å²) in [4.78, 5) is 12.3. The molecule has 1 N–H and O–H groups in total. The van der Waals surface area contributed by atoms with Crippen LogP contribution in [0, 0.1) is 5.82 Å². The van der Waals surface area contributed by atoms with Crippen molar-refractivity contribution in [3.8, 4) is 17.0 Å². The monoisotopic (exact) mass is 354 g/mol. The molecule has 0 radical (unpaired) electrons. The Kier molecular flexibility index (Phi) is 5.63. The zero-order valence-electron chi connectivity index (χ0n) is 14.4. The van der Waals surface area contributed by atoms with Gasteiger partial charge < -0.3 is 9.26 Å². The molecule has 26 heavy (non-hydrogen) atoms. The van der Waals surface area contributed by atoms with Crippen LogP contribution < -0.4 is 10.1 Å². The largest absolute Gasteiger partial charge is 0.494 e. The lowest BCUT2D eigenvalue weighted by molar-refractivity contribution is 0.102. The van der Waals surface area contributed by atoms with E-state index in [0.717, 1.165) is 18.6 Å². The molecule has 2 aromatic carbocycles. The van der Waals surface area contributed by atoms with Gasteiger partial charge in [-0.3, -0.25) is 10.1 Å². The first-order chi connectivity index (χ1) is 12.7. The van der Waals surface area contributed by atoms with Gasteiger partial charge in [-0.05, 0) is 55.0 Å². The van der Waals surface area contributed by atoms with Gasteiger partial charge in [0.05, 0.1) is 6.61 Å². The second-order valence-corrected chi connectivity index (χ2v) is 5.76. The lowest BCUT2D eigenvalue weighted by Gasteiger charge is -2.06. The topological polar surface area (TPSA) is 64.4 Å². The Labute approximate surface area is 150 Å². The van der Waals surface area contributed by atoms with Gasteiger partial charge in [-0.2, -0.15) is 0 Å². The number of amides is 1. The number of hydrogen-bond acceptors (Lipinski definition) is 4. The molecule has 1 heterocycles. The smallest absolute Gasteiger partial charge is 0.258 e. The van der Waals surface area contributed by atoms with Gasteiger partial charge in [0.2, 0.25) is 5.88 Å². The van der Waals surface area contributed by atoms with Crippen LogP contribution in [0.25, 0.3) is 11.3 Å². The number of nitrogens with one attached hydrogen (secondary N) is 1. The molecule has 0 unspecified atom stereocenters. The third-order valence-electron chi connectivity index (χ3n) is 3.77. The van der Waals surface area contributed by atoms with E-state index in [4.69, 9.17) is 9.26 Å². The van der Waals surface area contributed by atoms with Crippen molar-refractivity contribution in [2.75, 3.05) is 11.9 Å². The Morgan fingerprint density at radius 1 is 1.15 bits per heavy atom. The van der Waals surface area contributed by atoms with Crippen LogP contribution in [0.15, 0.2) is 59.1 Å². The molecule has 0 fully saturated rings. The standard InChI is InChI=1S/C20H19FN2O3/c1-2-3-12-25-17-10-6-15(7-11-17)20(24)22-19-13-18(23-26-19)14-4-8-16(21)9-5-14/h4-11,13H,2-3,12H2,1H3,(H,22,24). The highest BCUT2D eigenvalue weighted by atomic mass is 19.1. The third-order valence-corrected chi connectivity index (χ3v) is 3.77. The molecule has 0 saturated heterocycles. The van der Waals surface area contributed by atoms with Gasteiger partial charge in [-0.15, -0.1) is 0 Å². The quantitative estimate of drug-likeness (QED) is 0.612. The molecule has 3 aromatic rings. The minimum Gasteiger partial charge on any atom is -0.494 e. The van der Waals surface area contributed by atoms with Crippen molar-refractivity contribution in [1.82, 2.24) is 5.16 Å². The molecule has 1 amide bonds. The minimum atomic E-state index is -0.326. The summed E-state index contributed by atoms with van der Waals surface area (Å²) in [7, 11) is 0. The van der Waals surface area contributed by atoms with Crippen LogP contribution in [0.2, 0.25) is 0 Å². The van der Waals surface area contributed by atoms with E-state index in [9.17, 15) is 9.18 Å². The number of anilines is 1. The van der Waals surface area contributed by atoms with Gasteiger partial charge in [0.15, 0.2) is 0 Å². The second kappa shape index (κ2) is 8.29. The Morgan fingerprint density at radius 3 is 2.58 bits per heavy atom. The number of ether oxygens (including phenoxy) is 1.